The molecule has 0 saturated carbocycles. The van der Waals surface area contributed by atoms with Gasteiger partial charge in [-0.05, 0) is 28.1 Å². The second-order valence-corrected chi connectivity index (χ2v) is 3.63. The molecule has 1 rings (SSSR count). The lowest BCUT2D eigenvalue weighted by Gasteiger charge is -2.03. The highest BCUT2D eigenvalue weighted by molar-refractivity contribution is 9.10. The number of carbonyl (C=O) groups excluding carboxylic acids is 1. The maximum absolute atomic E-state index is 11.2. The van der Waals surface area contributed by atoms with Gasteiger partial charge in [-0.25, -0.2) is 9.78 Å². The Morgan fingerprint density at radius 2 is 2.31 bits per heavy atom. The summed E-state index contributed by atoms with van der Waals surface area (Å²) in [5, 5.41) is 0.525. The van der Waals surface area contributed by atoms with E-state index in [1.165, 1.54) is 7.11 Å². The van der Waals surface area contributed by atoms with Gasteiger partial charge in [0.2, 0.25) is 0 Å². The number of hydrogen-bond donors (Lipinski definition) is 0. The van der Waals surface area contributed by atoms with Crippen LogP contribution in [0, 0.1) is 0 Å². The van der Waals surface area contributed by atoms with Crippen LogP contribution in [-0.2, 0) is 10.1 Å². The van der Waals surface area contributed by atoms with E-state index in [0.29, 0.717) is 21.2 Å². The number of hydrogen-bond acceptors (Lipinski definition) is 3. The van der Waals surface area contributed by atoms with E-state index in [9.17, 15) is 4.79 Å². The number of ether oxygens (including phenoxy) is 1. The Kier molecular flexibility index (Phi) is 3.87. The smallest absolute Gasteiger partial charge is 0.339 e. The molecule has 0 spiro atoms. The first-order valence-corrected chi connectivity index (χ1v) is 5.40. The average molecular weight is 309 g/mol. The van der Waals surface area contributed by atoms with E-state index in [-0.39, 0.29) is 5.97 Å². The number of methoxy groups -OCH3 is 1. The molecular formula is C8H7Br2NO2. The molecule has 1 aromatic rings. The molecule has 0 aliphatic carbocycles. The fourth-order valence-corrected chi connectivity index (χ4v) is 1.65. The van der Waals surface area contributed by atoms with Crippen molar-refractivity contribution < 1.29 is 9.53 Å². The van der Waals surface area contributed by atoms with Crippen molar-refractivity contribution in [1.82, 2.24) is 4.98 Å². The SMILES string of the molecule is COC(=O)c1ccc(Br)nc1CBr. The summed E-state index contributed by atoms with van der Waals surface area (Å²) in [7, 11) is 1.35. The molecule has 0 bridgehead atoms. The second kappa shape index (κ2) is 4.72. The summed E-state index contributed by atoms with van der Waals surface area (Å²) in [4.78, 5) is 15.3. The normalized spacial score (nSPS) is 9.77. The van der Waals surface area contributed by atoms with E-state index in [2.05, 4.69) is 41.6 Å². The number of aromatic nitrogens is 1. The molecule has 3 nitrogen and oxygen atoms in total. The van der Waals surface area contributed by atoms with E-state index >= 15 is 0 Å². The minimum absolute atomic E-state index is 0.366. The summed E-state index contributed by atoms with van der Waals surface area (Å²) >= 11 is 6.47. The molecule has 0 radical (unpaired) electrons. The molecule has 13 heavy (non-hydrogen) atoms. The van der Waals surface area contributed by atoms with Gasteiger partial charge in [0, 0.05) is 5.33 Å². The van der Waals surface area contributed by atoms with Crippen molar-refractivity contribution in [2.45, 2.75) is 5.33 Å². The molecule has 70 valence electrons. The molecule has 0 saturated heterocycles. The third-order valence-corrected chi connectivity index (χ3v) is 2.44. The van der Waals surface area contributed by atoms with Gasteiger partial charge in [-0.3, -0.25) is 0 Å². The van der Waals surface area contributed by atoms with E-state index in [1.807, 2.05) is 0 Å². The van der Waals surface area contributed by atoms with Crippen LogP contribution in [0.1, 0.15) is 16.1 Å². The molecule has 0 amide bonds. The second-order valence-electron chi connectivity index (χ2n) is 2.25. The van der Waals surface area contributed by atoms with Gasteiger partial charge >= 0.3 is 5.97 Å². The fourth-order valence-electron chi connectivity index (χ4n) is 0.872. The fraction of sp³-hybridized carbons (Fsp3) is 0.250. The largest absolute Gasteiger partial charge is 0.465 e. The van der Waals surface area contributed by atoms with Crippen LogP contribution in [0.25, 0.3) is 0 Å². The minimum atomic E-state index is -0.366. The number of pyridine rings is 1. The van der Waals surface area contributed by atoms with Gasteiger partial charge in [0.1, 0.15) is 4.60 Å². The number of nitrogens with zero attached hydrogens (tertiary/aromatic N) is 1. The maximum Gasteiger partial charge on any atom is 0.339 e. The van der Waals surface area contributed by atoms with E-state index < -0.39 is 0 Å². The third kappa shape index (κ3) is 2.51. The Bertz CT molecular complexity index is 328. The molecule has 1 heterocycles. The van der Waals surface area contributed by atoms with Gasteiger partial charge in [0.15, 0.2) is 0 Å². The highest BCUT2D eigenvalue weighted by Gasteiger charge is 2.11. The zero-order valence-electron chi connectivity index (χ0n) is 6.88. The van der Waals surface area contributed by atoms with E-state index in [0.717, 1.165) is 0 Å². The van der Waals surface area contributed by atoms with Crippen LogP contribution in [0.3, 0.4) is 0 Å². The van der Waals surface area contributed by atoms with Crippen LogP contribution in [0.15, 0.2) is 16.7 Å². The molecular weight excluding hydrogens is 302 g/mol. The zero-order chi connectivity index (χ0) is 9.84. The summed E-state index contributed by atoms with van der Waals surface area (Å²) in [5.41, 5.74) is 1.16. The lowest BCUT2D eigenvalue weighted by atomic mass is 10.2. The van der Waals surface area contributed by atoms with Crippen molar-refractivity contribution in [2.75, 3.05) is 7.11 Å². The predicted molar refractivity (Wildman–Crippen MR) is 55.9 cm³/mol. The Morgan fingerprint density at radius 3 is 2.85 bits per heavy atom. The van der Waals surface area contributed by atoms with Crippen LogP contribution in [0.2, 0.25) is 0 Å². The van der Waals surface area contributed by atoms with Crippen LogP contribution in [0.5, 0.6) is 0 Å². The summed E-state index contributed by atoms with van der Waals surface area (Å²) in [5.74, 6) is -0.366. The molecule has 0 unspecified atom stereocenters. The summed E-state index contributed by atoms with van der Waals surface area (Å²) in [6.45, 7) is 0. The first-order chi connectivity index (χ1) is 6.19. The van der Waals surface area contributed by atoms with Gasteiger partial charge in [-0.1, -0.05) is 15.9 Å². The topological polar surface area (TPSA) is 39.2 Å². The van der Waals surface area contributed by atoms with Gasteiger partial charge in [-0.2, -0.15) is 0 Å². The molecule has 0 N–H and O–H groups in total. The summed E-state index contributed by atoms with van der Waals surface area (Å²) < 4.78 is 5.31. The first kappa shape index (κ1) is 10.7. The van der Waals surface area contributed by atoms with Crippen molar-refractivity contribution in [3.05, 3.63) is 28.0 Å². The molecule has 0 aliphatic rings. The average Bonchev–Trinajstić information content (AvgIpc) is 2.16. The highest BCUT2D eigenvalue weighted by atomic mass is 79.9. The molecule has 0 aliphatic heterocycles. The lowest BCUT2D eigenvalue weighted by Crippen LogP contribution is -2.06. The first-order valence-electron chi connectivity index (χ1n) is 3.48. The van der Waals surface area contributed by atoms with Crippen molar-refractivity contribution >= 4 is 37.8 Å². The number of carbonyl (C=O) groups is 1. The molecule has 0 fully saturated rings. The molecule has 1 aromatic heterocycles. The number of halogens is 2. The van der Waals surface area contributed by atoms with Crippen LogP contribution >= 0.6 is 31.9 Å². The standard InChI is InChI=1S/C8H7Br2NO2/c1-13-8(12)5-2-3-7(10)11-6(5)4-9/h2-3H,4H2,1H3. The van der Waals surface area contributed by atoms with E-state index in [4.69, 9.17) is 0 Å². The van der Waals surface area contributed by atoms with Gasteiger partial charge in [0.05, 0.1) is 18.4 Å². The Balaban J connectivity index is 3.13. The van der Waals surface area contributed by atoms with Gasteiger partial charge in [0.25, 0.3) is 0 Å². The van der Waals surface area contributed by atoms with Gasteiger partial charge in [-0.15, -0.1) is 0 Å². The quantitative estimate of drug-likeness (QED) is 0.479. The summed E-state index contributed by atoms with van der Waals surface area (Å²) in [6.07, 6.45) is 0. The van der Waals surface area contributed by atoms with Crippen molar-refractivity contribution in [3.8, 4) is 0 Å². The summed E-state index contributed by atoms with van der Waals surface area (Å²) in [6, 6.07) is 3.39. The zero-order valence-corrected chi connectivity index (χ0v) is 10.1. The Labute approximate surface area is 92.8 Å². The Hall–Kier alpha value is -0.420. The van der Waals surface area contributed by atoms with Crippen LogP contribution in [0.4, 0.5) is 0 Å². The number of rotatable bonds is 2. The van der Waals surface area contributed by atoms with Crippen molar-refractivity contribution in [1.29, 1.82) is 0 Å². The lowest BCUT2D eigenvalue weighted by molar-refractivity contribution is 0.0599. The van der Waals surface area contributed by atoms with E-state index in [1.54, 1.807) is 12.1 Å². The maximum atomic E-state index is 11.2. The van der Waals surface area contributed by atoms with Gasteiger partial charge < -0.3 is 4.74 Å². The number of alkyl halides is 1. The highest BCUT2D eigenvalue weighted by Crippen LogP contribution is 2.15. The third-order valence-electron chi connectivity index (χ3n) is 1.47. The van der Waals surface area contributed by atoms with Crippen molar-refractivity contribution in [2.24, 2.45) is 0 Å². The molecule has 0 aromatic carbocycles. The molecule has 0 atom stereocenters. The van der Waals surface area contributed by atoms with Crippen LogP contribution in [-0.4, -0.2) is 18.1 Å². The number of esters is 1. The van der Waals surface area contributed by atoms with Crippen molar-refractivity contribution in [3.63, 3.8) is 0 Å². The monoisotopic (exact) mass is 307 g/mol. The van der Waals surface area contributed by atoms with Crippen LogP contribution < -0.4 is 0 Å². The Morgan fingerprint density at radius 1 is 1.62 bits per heavy atom. The minimum Gasteiger partial charge on any atom is -0.465 e. The predicted octanol–water partition coefficient (Wildman–Crippen LogP) is 2.53. The molecule has 5 heteroatoms.